The normalized spacial score (nSPS) is 51.2. The summed E-state index contributed by atoms with van der Waals surface area (Å²) in [6.45, 7) is 8.60. The Hall–Kier alpha value is -1.25. The van der Waals surface area contributed by atoms with Crippen LogP contribution in [0.1, 0.15) is 52.4 Å². The fraction of sp³-hybridized carbons (Fsp3) is 0.750. The predicted octanol–water partition coefficient (Wildman–Crippen LogP) is 3.81. The molecule has 3 heteroatoms. The van der Waals surface area contributed by atoms with E-state index in [-0.39, 0.29) is 11.3 Å². The van der Waals surface area contributed by atoms with E-state index >= 15 is 0 Å². The number of nitrogens with one attached hydrogen (secondary N) is 1. The van der Waals surface area contributed by atoms with Crippen LogP contribution < -0.4 is 5.32 Å². The number of amides is 1. The molecule has 0 aromatic rings. The van der Waals surface area contributed by atoms with Gasteiger partial charge in [-0.15, -0.1) is 0 Å². The summed E-state index contributed by atoms with van der Waals surface area (Å²) in [4.78, 5) is 11.7. The second-order valence-electron chi connectivity index (χ2n) is 8.63. The molecule has 0 bridgehead atoms. The molecule has 1 heterocycles. The van der Waals surface area contributed by atoms with Crippen LogP contribution in [-0.2, 0) is 9.53 Å². The summed E-state index contributed by atoms with van der Waals surface area (Å²) >= 11 is 0. The van der Waals surface area contributed by atoms with Crippen molar-refractivity contribution in [2.24, 2.45) is 28.6 Å². The lowest BCUT2D eigenvalue weighted by molar-refractivity contribution is -0.123. The Morgan fingerprint density at radius 3 is 2.83 bits per heavy atom. The van der Waals surface area contributed by atoms with Crippen LogP contribution in [0.5, 0.6) is 0 Å². The van der Waals surface area contributed by atoms with E-state index < -0.39 is 0 Å². The molecule has 3 aliphatic carbocycles. The monoisotopic (exact) mass is 315 g/mol. The molecule has 23 heavy (non-hydrogen) atoms. The number of rotatable bonds is 2. The van der Waals surface area contributed by atoms with Crippen LogP contribution >= 0.6 is 0 Å². The maximum Gasteiger partial charge on any atom is 0.243 e. The first-order chi connectivity index (χ1) is 11.0. The maximum absolute atomic E-state index is 11.7. The summed E-state index contributed by atoms with van der Waals surface area (Å²) in [7, 11) is 0. The van der Waals surface area contributed by atoms with Gasteiger partial charge in [-0.05, 0) is 62.4 Å². The first-order valence-corrected chi connectivity index (χ1v) is 9.25. The molecular formula is C20H29NO2. The smallest absolute Gasteiger partial charge is 0.243 e. The quantitative estimate of drug-likeness (QED) is 0.787. The molecule has 0 aromatic carbocycles. The summed E-state index contributed by atoms with van der Waals surface area (Å²) in [6.07, 6.45) is 13.3. The van der Waals surface area contributed by atoms with Crippen molar-refractivity contribution in [1.29, 1.82) is 0 Å². The lowest BCUT2D eigenvalue weighted by Crippen LogP contribution is -2.59. The van der Waals surface area contributed by atoms with E-state index in [9.17, 15) is 4.79 Å². The summed E-state index contributed by atoms with van der Waals surface area (Å²) in [6, 6.07) is 0.326. The van der Waals surface area contributed by atoms with E-state index in [4.69, 9.17) is 4.74 Å². The second-order valence-corrected chi connectivity index (χ2v) is 8.63. The van der Waals surface area contributed by atoms with Crippen molar-refractivity contribution in [3.8, 4) is 0 Å². The second kappa shape index (κ2) is 5.12. The lowest BCUT2D eigenvalue weighted by atomic mass is 9.48. The highest BCUT2D eigenvalue weighted by molar-refractivity contribution is 5.89. The Labute approximate surface area is 139 Å². The van der Waals surface area contributed by atoms with Crippen LogP contribution in [-0.4, -0.2) is 18.1 Å². The third-order valence-electron chi connectivity index (χ3n) is 7.86. The van der Waals surface area contributed by atoms with E-state index in [0.717, 1.165) is 18.3 Å². The molecule has 1 aliphatic heterocycles. The van der Waals surface area contributed by atoms with E-state index in [1.54, 1.807) is 12.3 Å². The topological polar surface area (TPSA) is 38.3 Å². The van der Waals surface area contributed by atoms with Crippen LogP contribution in [0.4, 0.5) is 0 Å². The van der Waals surface area contributed by atoms with Crippen LogP contribution in [0.2, 0.25) is 0 Å². The minimum absolute atomic E-state index is 0.0897. The highest BCUT2D eigenvalue weighted by atomic mass is 16.5. The zero-order chi connectivity index (χ0) is 16.2. The van der Waals surface area contributed by atoms with Gasteiger partial charge in [-0.3, -0.25) is 4.79 Å². The molecule has 0 radical (unpaired) electrons. The fourth-order valence-corrected chi connectivity index (χ4v) is 6.62. The Balaban J connectivity index is 1.64. The molecule has 1 amide bonds. The molecule has 3 saturated carbocycles. The van der Waals surface area contributed by atoms with Gasteiger partial charge in [0.25, 0.3) is 0 Å². The average molecular weight is 315 g/mol. The summed E-state index contributed by atoms with van der Waals surface area (Å²) in [5.74, 6) is 2.31. The van der Waals surface area contributed by atoms with Gasteiger partial charge in [0.15, 0.2) is 0 Å². The molecule has 7 atom stereocenters. The number of hydrogen-bond donors (Lipinski definition) is 1. The van der Waals surface area contributed by atoms with Gasteiger partial charge in [-0.25, -0.2) is 0 Å². The molecule has 0 spiro atoms. The van der Waals surface area contributed by atoms with Gasteiger partial charge in [0, 0.05) is 16.9 Å². The third-order valence-corrected chi connectivity index (χ3v) is 7.86. The third kappa shape index (κ3) is 2.04. The number of carbonyl (C=O) groups is 1. The van der Waals surface area contributed by atoms with Gasteiger partial charge >= 0.3 is 0 Å². The first kappa shape index (κ1) is 15.3. The Morgan fingerprint density at radius 1 is 1.22 bits per heavy atom. The van der Waals surface area contributed by atoms with Gasteiger partial charge in [-0.2, -0.15) is 0 Å². The lowest BCUT2D eigenvalue weighted by Gasteiger charge is -2.58. The molecule has 0 saturated heterocycles. The zero-order valence-corrected chi connectivity index (χ0v) is 14.4. The standard InChI is InChI=1S/C20H29NO2/c1-4-23-17-8-6-14-13-5-7-16-19(2,12-10-18(22)21-16)15(13)9-11-20(14,17)3/h4,10,12-17H,1,5-9,11H2,2-3H3,(H,21,22)/t13-,14-,15-,16+,17-,19+,20-/m0/s1. The molecular weight excluding hydrogens is 286 g/mol. The molecule has 0 aromatic heterocycles. The Bertz CT molecular complexity index is 556. The largest absolute Gasteiger partial charge is 0.498 e. The molecule has 126 valence electrons. The molecule has 3 nitrogen and oxygen atoms in total. The zero-order valence-electron chi connectivity index (χ0n) is 14.4. The number of ether oxygens (including phenoxy) is 1. The molecule has 0 unspecified atom stereocenters. The van der Waals surface area contributed by atoms with Crippen LogP contribution in [0, 0.1) is 28.6 Å². The number of hydrogen-bond acceptors (Lipinski definition) is 2. The molecule has 3 fully saturated rings. The SMILES string of the molecule is C=CO[C@H]1CC[C@H]2[C@@H]3CC[C@H]4NC(=O)C=C[C@]4(C)[C@H]3CC[C@]12C. The molecule has 4 rings (SSSR count). The van der Waals surface area contributed by atoms with Crippen molar-refractivity contribution in [2.75, 3.05) is 0 Å². The Kier molecular flexibility index (Phi) is 3.40. The summed E-state index contributed by atoms with van der Waals surface area (Å²) in [5.41, 5.74) is 0.440. The van der Waals surface area contributed by atoms with Crippen LogP contribution in [0.25, 0.3) is 0 Å². The minimum Gasteiger partial charge on any atom is -0.498 e. The van der Waals surface area contributed by atoms with Crippen molar-refractivity contribution >= 4 is 5.91 Å². The summed E-state index contributed by atoms with van der Waals surface area (Å²) in [5, 5.41) is 3.23. The van der Waals surface area contributed by atoms with Crippen LogP contribution in [0.3, 0.4) is 0 Å². The van der Waals surface area contributed by atoms with Crippen molar-refractivity contribution in [3.63, 3.8) is 0 Å². The molecule has 4 aliphatic rings. The van der Waals surface area contributed by atoms with E-state index in [1.165, 1.54) is 32.1 Å². The van der Waals surface area contributed by atoms with Gasteiger partial charge in [0.1, 0.15) is 6.10 Å². The van der Waals surface area contributed by atoms with Crippen molar-refractivity contribution in [1.82, 2.24) is 5.32 Å². The predicted molar refractivity (Wildman–Crippen MR) is 90.5 cm³/mol. The van der Waals surface area contributed by atoms with Gasteiger partial charge in [0.05, 0.1) is 6.26 Å². The summed E-state index contributed by atoms with van der Waals surface area (Å²) < 4.78 is 5.89. The fourth-order valence-electron chi connectivity index (χ4n) is 6.62. The van der Waals surface area contributed by atoms with E-state index in [0.29, 0.717) is 23.5 Å². The van der Waals surface area contributed by atoms with Gasteiger partial charge in [0.2, 0.25) is 5.91 Å². The van der Waals surface area contributed by atoms with Gasteiger partial charge < -0.3 is 10.1 Å². The van der Waals surface area contributed by atoms with Crippen LogP contribution in [0.15, 0.2) is 25.0 Å². The highest BCUT2D eigenvalue weighted by Gasteiger charge is 2.60. The van der Waals surface area contributed by atoms with Gasteiger partial charge in [-0.1, -0.05) is 26.5 Å². The maximum atomic E-state index is 11.7. The van der Waals surface area contributed by atoms with E-state index in [2.05, 4.69) is 31.8 Å². The Morgan fingerprint density at radius 2 is 2.04 bits per heavy atom. The number of carbonyl (C=O) groups excluding carboxylic acids is 1. The number of fused-ring (bicyclic) bond motifs is 5. The first-order valence-electron chi connectivity index (χ1n) is 9.25. The minimum atomic E-state index is 0.0897. The van der Waals surface area contributed by atoms with E-state index in [1.807, 2.05) is 0 Å². The highest BCUT2D eigenvalue weighted by Crippen LogP contribution is 2.63. The van der Waals surface area contributed by atoms with Crippen molar-refractivity contribution in [2.45, 2.75) is 64.5 Å². The van der Waals surface area contributed by atoms with Crippen molar-refractivity contribution < 1.29 is 9.53 Å². The average Bonchev–Trinajstić information content (AvgIpc) is 2.85. The molecule has 1 N–H and O–H groups in total. The van der Waals surface area contributed by atoms with Crippen molar-refractivity contribution in [3.05, 3.63) is 25.0 Å².